The van der Waals surface area contributed by atoms with Crippen LogP contribution >= 0.6 is 0 Å². The van der Waals surface area contributed by atoms with E-state index in [1.54, 1.807) is 40.9 Å². The van der Waals surface area contributed by atoms with Gasteiger partial charge in [0.1, 0.15) is 5.65 Å². The molecule has 1 amide bonds. The number of hydrogen-bond acceptors (Lipinski definition) is 7. The summed E-state index contributed by atoms with van der Waals surface area (Å²) in [5.41, 5.74) is 1.77. The van der Waals surface area contributed by atoms with Gasteiger partial charge in [-0.05, 0) is 30.3 Å². The van der Waals surface area contributed by atoms with Crippen LogP contribution in [0.25, 0.3) is 27.8 Å². The van der Waals surface area contributed by atoms with E-state index in [9.17, 15) is 4.79 Å². The van der Waals surface area contributed by atoms with Gasteiger partial charge in [-0.15, -0.1) is 0 Å². The molecular weight excluding hydrogens is 482 g/mol. The number of benzene rings is 2. The fourth-order valence-electron chi connectivity index (χ4n) is 3.93. The zero-order valence-electron chi connectivity index (χ0n) is 19.8. The smallest absolute Gasteiger partial charge is 0.247 e. The van der Waals surface area contributed by atoms with Crippen LogP contribution in [0.3, 0.4) is 0 Å². The van der Waals surface area contributed by atoms with Gasteiger partial charge in [0, 0.05) is 47.0 Å². The van der Waals surface area contributed by atoms with E-state index in [-0.39, 0.29) is 40.1 Å². The molecule has 0 aliphatic carbocycles. The lowest BCUT2D eigenvalue weighted by molar-refractivity contribution is -0.111. The Labute approximate surface area is 209 Å². The van der Waals surface area contributed by atoms with Gasteiger partial charge in [-0.1, -0.05) is 12.6 Å². The Morgan fingerprint density at radius 2 is 1.76 bits per heavy atom. The number of carbonyl (C=O) groups excluding carboxylic acids is 1. The summed E-state index contributed by atoms with van der Waals surface area (Å²) in [6.07, 6.45) is 5.85. The molecule has 5 rings (SSSR count). The zero-order valence-corrected chi connectivity index (χ0v) is 19.8. The van der Waals surface area contributed by atoms with Crippen LogP contribution in [-0.4, -0.2) is 39.5 Å². The third-order valence-corrected chi connectivity index (χ3v) is 5.62. The monoisotopic (exact) mass is 502 g/mol. The van der Waals surface area contributed by atoms with Crippen LogP contribution in [0.1, 0.15) is 0 Å². The minimum atomic E-state index is -0.882. The molecule has 0 spiro atoms. The molecular formula is C26H20F2N6O3. The molecule has 37 heavy (non-hydrogen) atoms. The molecule has 3 aromatic heterocycles. The van der Waals surface area contributed by atoms with E-state index in [2.05, 4.69) is 32.2 Å². The van der Waals surface area contributed by atoms with E-state index in [1.807, 2.05) is 0 Å². The van der Waals surface area contributed by atoms with Gasteiger partial charge >= 0.3 is 0 Å². The van der Waals surface area contributed by atoms with Crippen molar-refractivity contribution in [3.8, 4) is 22.6 Å². The average molecular weight is 502 g/mol. The molecule has 186 valence electrons. The van der Waals surface area contributed by atoms with Crippen molar-refractivity contribution >= 4 is 39.9 Å². The molecule has 0 bridgehead atoms. The van der Waals surface area contributed by atoms with Crippen LogP contribution in [0.15, 0.2) is 67.6 Å². The molecule has 9 nitrogen and oxygen atoms in total. The fraction of sp³-hybridized carbons (Fsp3) is 0.0769. The standard InChI is InChI=1S/C26H20F2N6O3/c1-4-20(35)31-15-6-5-7-16(11-15)32-26-30-13-14-10-17(25-29-8-9-34(25)24(14)33-26)21-22(27)18(36-2)12-19(37-3)23(21)28/h4-13H,1H2,2-3H3,(H,31,35)(H,30,32,33). The van der Waals surface area contributed by atoms with Gasteiger partial charge in [-0.3, -0.25) is 9.20 Å². The van der Waals surface area contributed by atoms with Gasteiger partial charge in [-0.2, -0.15) is 4.98 Å². The number of imidazole rings is 1. The first-order valence-electron chi connectivity index (χ1n) is 11.0. The molecule has 0 atom stereocenters. The number of rotatable bonds is 7. The quantitative estimate of drug-likeness (QED) is 0.298. The lowest BCUT2D eigenvalue weighted by Crippen LogP contribution is -2.07. The van der Waals surface area contributed by atoms with Crippen molar-refractivity contribution in [2.24, 2.45) is 0 Å². The number of methoxy groups -OCH3 is 2. The van der Waals surface area contributed by atoms with E-state index >= 15 is 8.78 Å². The van der Waals surface area contributed by atoms with E-state index in [1.165, 1.54) is 32.7 Å². The lowest BCUT2D eigenvalue weighted by atomic mass is 10.0. The Morgan fingerprint density at radius 1 is 1.03 bits per heavy atom. The van der Waals surface area contributed by atoms with Crippen LogP contribution in [-0.2, 0) is 4.79 Å². The van der Waals surface area contributed by atoms with E-state index in [0.717, 1.165) is 6.07 Å². The largest absolute Gasteiger partial charge is 0.494 e. The van der Waals surface area contributed by atoms with E-state index in [0.29, 0.717) is 22.4 Å². The predicted molar refractivity (Wildman–Crippen MR) is 135 cm³/mol. The van der Waals surface area contributed by atoms with Gasteiger partial charge in [-0.25, -0.2) is 18.7 Å². The number of hydrogen-bond donors (Lipinski definition) is 2. The molecule has 0 aliphatic heterocycles. The van der Waals surface area contributed by atoms with E-state index < -0.39 is 11.6 Å². The zero-order chi connectivity index (χ0) is 26.1. The highest BCUT2D eigenvalue weighted by Crippen LogP contribution is 2.40. The van der Waals surface area contributed by atoms with Crippen LogP contribution in [0, 0.1) is 11.6 Å². The Bertz CT molecular complexity index is 1660. The van der Waals surface area contributed by atoms with Crippen LogP contribution in [0.4, 0.5) is 26.1 Å². The van der Waals surface area contributed by atoms with Gasteiger partial charge < -0.3 is 20.1 Å². The number of fused-ring (bicyclic) bond motifs is 3. The number of halogens is 2. The average Bonchev–Trinajstić information content (AvgIpc) is 3.40. The van der Waals surface area contributed by atoms with Crippen molar-refractivity contribution in [1.82, 2.24) is 19.4 Å². The maximum Gasteiger partial charge on any atom is 0.247 e. The summed E-state index contributed by atoms with van der Waals surface area (Å²) in [5, 5.41) is 6.29. The SMILES string of the molecule is C=CC(=O)Nc1cccc(Nc2ncc3cc(-c4c(F)c(OC)cc(OC)c4F)c4nccn4c3n2)c1. The van der Waals surface area contributed by atoms with Crippen molar-refractivity contribution in [1.29, 1.82) is 0 Å². The van der Waals surface area contributed by atoms with Crippen LogP contribution < -0.4 is 20.1 Å². The van der Waals surface area contributed by atoms with Crippen molar-refractivity contribution in [2.75, 3.05) is 24.9 Å². The molecule has 0 saturated heterocycles. The predicted octanol–water partition coefficient (Wildman–Crippen LogP) is 5.11. The highest BCUT2D eigenvalue weighted by atomic mass is 19.1. The maximum absolute atomic E-state index is 15.3. The summed E-state index contributed by atoms with van der Waals surface area (Å²) in [6, 6.07) is 9.70. The summed E-state index contributed by atoms with van der Waals surface area (Å²) in [4.78, 5) is 24.9. The molecule has 11 heteroatoms. The number of nitrogens with zero attached hydrogens (tertiary/aromatic N) is 4. The number of anilines is 3. The number of amides is 1. The number of aromatic nitrogens is 4. The van der Waals surface area contributed by atoms with E-state index in [4.69, 9.17) is 9.47 Å². The normalized spacial score (nSPS) is 10.9. The van der Waals surface area contributed by atoms with Gasteiger partial charge in [0.2, 0.25) is 11.9 Å². The molecule has 0 radical (unpaired) electrons. The van der Waals surface area contributed by atoms with Gasteiger partial charge in [0.25, 0.3) is 0 Å². The Morgan fingerprint density at radius 3 is 2.46 bits per heavy atom. The lowest BCUT2D eigenvalue weighted by Gasteiger charge is -2.14. The Balaban J connectivity index is 1.60. The number of carbonyl (C=O) groups is 1. The van der Waals surface area contributed by atoms with Gasteiger partial charge in [0.05, 0.1) is 19.8 Å². The molecule has 0 fully saturated rings. The second kappa shape index (κ2) is 9.53. The summed E-state index contributed by atoms with van der Waals surface area (Å²) in [6.45, 7) is 3.44. The Kier molecular flexibility index (Phi) is 6.10. The molecule has 0 saturated carbocycles. The third kappa shape index (κ3) is 4.27. The molecule has 3 heterocycles. The van der Waals surface area contributed by atoms with Crippen molar-refractivity contribution in [3.05, 3.63) is 79.3 Å². The highest BCUT2D eigenvalue weighted by Gasteiger charge is 2.24. The van der Waals surface area contributed by atoms with Crippen molar-refractivity contribution in [2.45, 2.75) is 0 Å². The molecule has 0 unspecified atom stereocenters. The van der Waals surface area contributed by atoms with Crippen LogP contribution in [0.2, 0.25) is 0 Å². The number of nitrogens with one attached hydrogen (secondary N) is 2. The third-order valence-electron chi connectivity index (χ3n) is 5.62. The second-order valence-electron chi connectivity index (χ2n) is 7.83. The Hall–Kier alpha value is -5.06. The minimum absolute atomic E-state index is 0.166. The molecule has 2 aromatic carbocycles. The molecule has 2 N–H and O–H groups in total. The first kappa shape index (κ1) is 23.7. The summed E-state index contributed by atoms with van der Waals surface area (Å²) >= 11 is 0. The fourth-order valence-corrected chi connectivity index (χ4v) is 3.93. The summed E-state index contributed by atoms with van der Waals surface area (Å²) in [5.74, 6) is -2.16. The minimum Gasteiger partial charge on any atom is -0.494 e. The number of pyridine rings is 1. The topological polar surface area (TPSA) is 103 Å². The highest BCUT2D eigenvalue weighted by molar-refractivity contribution is 5.99. The van der Waals surface area contributed by atoms with Crippen molar-refractivity contribution in [3.63, 3.8) is 0 Å². The first-order valence-corrected chi connectivity index (χ1v) is 11.0. The summed E-state index contributed by atoms with van der Waals surface area (Å²) < 4.78 is 42.3. The maximum atomic E-state index is 15.3. The summed E-state index contributed by atoms with van der Waals surface area (Å²) in [7, 11) is 2.58. The molecule has 0 aliphatic rings. The first-order chi connectivity index (χ1) is 17.9. The van der Waals surface area contributed by atoms with Crippen molar-refractivity contribution < 1.29 is 23.0 Å². The van der Waals surface area contributed by atoms with Crippen LogP contribution in [0.5, 0.6) is 11.5 Å². The second-order valence-corrected chi connectivity index (χ2v) is 7.83. The molecule has 5 aromatic rings. The van der Waals surface area contributed by atoms with Gasteiger partial charge in [0.15, 0.2) is 28.8 Å². The number of ether oxygens (including phenoxy) is 2.